The predicted octanol–water partition coefficient (Wildman–Crippen LogP) is 5.08. The number of nitrogens with zero attached hydrogens (tertiary/aromatic N) is 2. The van der Waals surface area contributed by atoms with Crippen LogP contribution in [0.2, 0.25) is 0 Å². The molecule has 20 heavy (non-hydrogen) atoms. The molecule has 3 aromatic rings. The van der Waals surface area contributed by atoms with E-state index < -0.39 is 0 Å². The van der Waals surface area contributed by atoms with Crippen LogP contribution < -0.4 is 0 Å². The summed E-state index contributed by atoms with van der Waals surface area (Å²) in [6, 6.07) is 11.0. The molecular formula is C15H10BrFN2S. The van der Waals surface area contributed by atoms with E-state index in [1.54, 1.807) is 17.4 Å². The first-order valence-electron chi connectivity index (χ1n) is 5.99. The zero-order valence-corrected chi connectivity index (χ0v) is 13.0. The van der Waals surface area contributed by atoms with E-state index in [0.29, 0.717) is 5.69 Å². The summed E-state index contributed by atoms with van der Waals surface area (Å²) in [6.07, 6.45) is 1.21. The molecule has 2 nitrogen and oxygen atoms in total. The van der Waals surface area contributed by atoms with Crippen LogP contribution in [-0.2, 0) is 0 Å². The van der Waals surface area contributed by atoms with Crippen LogP contribution in [0.3, 0.4) is 0 Å². The fourth-order valence-corrected chi connectivity index (χ4v) is 3.47. The highest BCUT2D eigenvalue weighted by Crippen LogP contribution is 2.35. The molecule has 5 heteroatoms. The van der Waals surface area contributed by atoms with Gasteiger partial charge in [-0.1, -0.05) is 34.1 Å². The van der Waals surface area contributed by atoms with Gasteiger partial charge < -0.3 is 0 Å². The maximum Gasteiger partial charge on any atom is 0.141 e. The molecule has 0 N–H and O–H groups in total. The average Bonchev–Trinajstić information content (AvgIpc) is 2.82. The van der Waals surface area contributed by atoms with Gasteiger partial charge in [0.25, 0.3) is 0 Å². The average molecular weight is 349 g/mol. The third kappa shape index (κ3) is 2.51. The minimum Gasteiger partial charge on any atom is -0.252 e. The summed E-state index contributed by atoms with van der Waals surface area (Å²) in [6.45, 7) is 2.00. The van der Waals surface area contributed by atoms with Gasteiger partial charge >= 0.3 is 0 Å². The van der Waals surface area contributed by atoms with E-state index in [2.05, 4.69) is 25.9 Å². The molecule has 0 radical (unpaired) electrons. The number of halogens is 2. The van der Waals surface area contributed by atoms with Gasteiger partial charge in [-0.2, -0.15) is 0 Å². The second kappa shape index (κ2) is 5.42. The summed E-state index contributed by atoms with van der Waals surface area (Å²) in [5.41, 5.74) is 2.55. The van der Waals surface area contributed by atoms with Crippen molar-refractivity contribution in [1.82, 2.24) is 9.97 Å². The molecule has 1 aromatic carbocycles. The molecule has 3 rings (SSSR count). The fourth-order valence-electron chi connectivity index (χ4n) is 1.90. The minimum absolute atomic E-state index is 0.340. The zero-order chi connectivity index (χ0) is 14.1. The number of thiazole rings is 1. The topological polar surface area (TPSA) is 25.8 Å². The third-order valence-electron chi connectivity index (χ3n) is 2.87. The number of benzene rings is 1. The normalized spacial score (nSPS) is 10.8. The Labute approximate surface area is 128 Å². The molecule has 2 aromatic heterocycles. The van der Waals surface area contributed by atoms with Crippen LogP contribution in [-0.4, -0.2) is 9.97 Å². The van der Waals surface area contributed by atoms with Crippen LogP contribution in [0.5, 0.6) is 0 Å². The van der Waals surface area contributed by atoms with Crippen LogP contribution in [0.4, 0.5) is 4.39 Å². The smallest absolute Gasteiger partial charge is 0.141 e. The molecule has 100 valence electrons. The van der Waals surface area contributed by atoms with E-state index in [4.69, 9.17) is 0 Å². The first-order valence-corrected chi connectivity index (χ1v) is 7.60. The molecular weight excluding hydrogens is 339 g/mol. The lowest BCUT2D eigenvalue weighted by Crippen LogP contribution is -1.87. The van der Waals surface area contributed by atoms with E-state index >= 15 is 0 Å². The van der Waals surface area contributed by atoms with Crippen molar-refractivity contribution in [3.63, 3.8) is 0 Å². The van der Waals surface area contributed by atoms with Gasteiger partial charge in [0.1, 0.15) is 16.5 Å². The van der Waals surface area contributed by atoms with Gasteiger partial charge in [-0.3, -0.25) is 4.98 Å². The van der Waals surface area contributed by atoms with Crippen LogP contribution in [0.1, 0.15) is 4.88 Å². The molecule has 0 aliphatic heterocycles. The molecule has 0 bridgehead atoms. The van der Waals surface area contributed by atoms with Crippen molar-refractivity contribution in [3.8, 4) is 22.0 Å². The molecule has 0 spiro atoms. The van der Waals surface area contributed by atoms with Crippen molar-refractivity contribution in [2.45, 2.75) is 6.92 Å². The Hall–Kier alpha value is -1.59. The number of pyridine rings is 1. The van der Waals surface area contributed by atoms with Gasteiger partial charge in [0.05, 0.1) is 11.9 Å². The van der Waals surface area contributed by atoms with E-state index in [1.807, 2.05) is 31.2 Å². The molecule has 0 atom stereocenters. The van der Waals surface area contributed by atoms with Gasteiger partial charge in [0, 0.05) is 14.9 Å². The number of hydrogen-bond donors (Lipinski definition) is 0. The third-order valence-corrected chi connectivity index (χ3v) is 4.57. The maximum absolute atomic E-state index is 12.9. The summed E-state index contributed by atoms with van der Waals surface area (Å²) in [7, 11) is 0. The standard InChI is InChI=1S/C15H10BrFN2S/c1-9-14(13-7-6-10(17)8-18-13)19-15(20-9)11-4-2-3-5-12(11)16/h2-8H,1H3. The Kier molecular flexibility index (Phi) is 3.63. The van der Waals surface area contributed by atoms with Crippen LogP contribution in [0.25, 0.3) is 22.0 Å². The summed E-state index contributed by atoms with van der Waals surface area (Å²) in [4.78, 5) is 9.81. The predicted molar refractivity (Wildman–Crippen MR) is 83.2 cm³/mol. The lowest BCUT2D eigenvalue weighted by Gasteiger charge is -1.99. The Morgan fingerprint density at radius 2 is 1.95 bits per heavy atom. The van der Waals surface area contributed by atoms with Gasteiger partial charge in [-0.15, -0.1) is 11.3 Å². The fraction of sp³-hybridized carbons (Fsp3) is 0.0667. The number of hydrogen-bond acceptors (Lipinski definition) is 3. The van der Waals surface area contributed by atoms with E-state index in [-0.39, 0.29) is 5.82 Å². The molecule has 0 amide bonds. The van der Waals surface area contributed by atoms with E-state index in [9.17, 15) is 4.39 Å². The van der Waals surface area contributed by atoms with Crippen molar-refractivity contribution in [2.75, 3.05) is 0 Å². The quantitative estimate of drug-likeness (QED) is 0.645. The van der Waals surface area contributed by atoms with E-state index in [1.165, 1.54) is 12.3 Å². The first kappa shape index (κ1) is 13.4. The Morgan fingerprint density at radius 3 is 2.65 bits per heavy atom. The minimum atomic E-state index is -0.340. The van der Waals surface area contributed by atoms with Crippen molar-refractivity contribution in [3.05, 3.63) is 57.8 Å². The summed E-state index contributed by atoms with van der Waals surface area (Å²) in [5.74, 6) is -0.340. The largest absolute Gasteiger partial charge is 0.252 e. The van der Waals surface area contributed by atoms with Crippen LogP contribution in [0, 0.1) is 12.7 Å². The second-order valence-corrected chi connectivity index (χ2v) is 6.32. The van der Waals surface area contributed by atoms with Gasteiger partial charge in [0.2, 0.25) is 0 Å². The van der Waals surface area contributed by atoms with Gasteiger partial charge in [-0.05, 0) is 25.1 Å². The summed E-state index contributed by atoms with van der Waals surface area (Å²) < 4.78 is 13.9. The molecule has 0 aliphatic rings. The summed E-state index contributed by atoms with van der Waals surface area (Å²) >= 11 is 5.14. The Morgan fingerprint density at radius 1 is 1.15 bits per heavy atom. The molecule has 0 saturated carbocycles. The molecule has 0 fully saturated rings. The Bertz CT molecular complexity index is 753. The highest BCUT2D eigenvalue weighted by atomic mass is 79.9. The number of aromatic nitrogens is 2. The molecule has 0 aliphatic carbocycles. The maximum atomic E-state index is 12.9. The molecule has 0 unspecified atom stereocenters. The number of rotatable bonds is 2. The van der Waals surface area contributed by atoms with E-state index in [0.717, 1.165) is 25.6 Å². The van der Waals surface area contributed by atoms with Crippen molar-refractivity contribution >= 4 is 27.3 Å². The van der Waals surface area contributed by atoms with Crippen molar-refractivity contribution < 1.29 is 4.39 Å². The summed E-state index contributed by atoms with van der Waals surface area (Å²) in [5, 5.41) is 0.927. The SMILES string of the molecule is Cc1sc(-c2ccccc2Br)nc1-c1ccc(F)cn1. The lowest BCUT2D eigenvalue weighted by atomic mass is 10.2. The zero-order valence-electron chi connectivity index (χ0n) is 10.6. The van der Waals surface area contributed by atoms with Crippen molar-refractivity contribution in [1.29, 1.82) is 0 Å². The second-order valence-electron chi connectivity index (χ2n) is 4.27. The van der Waals surface area contributed by atoms with Crippen molar-refractivity contribution in [2.24, 2.45) is 0 Å². The number of aryl methyl sites for hydroxylation is 1. The highest BCUT2D eigenvalue weighted by Gasteiger charge is 2.13. The highest BCUT2D eigenvalue weighted by molar-refractivity contribution is 9.10. The van der Waals surface area contributed by atoms with Gasteiger partial charge in [0.15, 0.2) is 0 Å². The first-order chi connectivity index (χ1) is 9.65. The Balaban J connectivity index is 2.08. The van der Waals surface area contributed by atoms with Gasteiger partial charge in [-0.25, -0.2) is 9.37 Å². The van der Waals surface area contributed by atoms with Crippen LogP contribution >= 0.6 is 27.3 Å². The monoisotopic (exact) mass is 348 g/mol. The molecule has 2 heterocycles. The lowest BCUT2D eigenvalue weighted by molar-refractivity contribution is 0.622. The molecule has 0 saturated heterocycles. The van der Waals surface area contributed by atoms with Crippen LogP contribution in [0.15, 0.2) is 47.1 Å².